The van der Waals surface area contributed by atoms with Gasteiger partial charge >= 0.3 is 0 Å². The van der Waals surface area contributed by atoms with Crippen molar-refractivity contribution in [3.63, 3.8) is 0 Å². The molecule has 2 N–H and O–H groups in total. The largest absolute Gasteiger partial charge is 0.382 e. The predicted molar refractivity (Wildman–Crippen MR) is 74.1 cm³/mol. The lowest BCUT2D eigenvalue weighted by atomic mass is 10.4. The molecule has 0 aliphatic heterocycles. The molecule has 0 aliphatic carbocycles. The lowest BCUT2D eigenvalue weighted by molar-refractivity contribution is 1.05. The average Bonchev–Trinajstić information content (AvgIpc) is 2.34. The number of rotatable bonds is 3. The number of pyridine rings is 1. The highest BCUT2D eigenvalue weighted by molar-refractivity contribution is 7.99. The molecule has 7 heteroatoms. The smallest absolute Gasteiger partial charge is 0.147 e. The van der Waals surface area contributed by atoms with Gasteiger partial charge in [0.2, 0.25) is 0 Å². The van der Waals surface area contributed by atoms with Crippen LogP contribution in [0.3, 0.4) is 0 Å². The molecule has 2 rings (SSSR count). The zero-order valence-electron chi connectivity index (χ0n) is 9.96. The van der Waals surface area contributed by atoms with E-state index in [4.69, 9.17) is 17.3 Å². The van der Waals surface area contributed by atoms with Crippen molar-refractivity contribution in [1.29, 1.82) is 0 Å². The second kappa shape index (κ2) is 5.41. The van der Waals surface area contributed by atoms with Crippen molar-refractivity contribution in [3.8, 4) is 0 Å². The molecule has 0 saturated heterocycles. The van der Waals surface area contributed by atoms with Crippen molar-refractivity contribution in [1.82, 2.24) is 15.0 Å². The van der Waals surface area contributed by atoms with E-state index in [0.29, 0.717) is 10.8 Å². The molecule has 0 aromatic carbocycles. The fourth-order valence-electron chi connectivity index (χ4n) is 1.30. The van der Waals surface area contributed by atoms with E-state index in [1.165, 1.54) is 18.0 Å². The Balaban J connectivity index is 2.29. The Kier molecular flexibility index (Phi) is 3.88. The molecule has 0 atom stereocenters. The lowest BCUT2D eigenvalue weighted by Crippen LogP contribution is -2.11. The number of hydrogen-bond donors (Lipinski definition) is 1. The van der Waals surface area contributed by atoms with E-state index in [1.807, 2.05) is 25.1 Å². The number of halogens is 1. The van der Waals surface area contributed by atoms with E-state index >= 15 is 0 Å². The SMILES string of the molecule is CN(C)c1nccc(Sc2cnc(N)cn2)c1Cl. The number of hydrogen-bond acceptors (Lipinski definition) is 6. The van der Waals surface area contributed by atoms with Crippen LogP contribution in [0.4, 0.5) is 11.6 Å². The van der Waals surface area contributed by atoms with Crippen molar-refractivity contribution in [3.05, 3.63) is 29.7 Å². The molecular formula is C11H12ClN5S. The zero-order chi connectivity index (χ0) is 13.1. The molecular weight excluding hydrogens is 270 g/mol. The van der Waals surface area contributed by atoms with Gasteiger partial charge in [0.15, 0.2) is 0 Å². The molecule has 0 spiro atoms. The first kappa shape index (κ1) is 12.9. The summed E-state index contributed by atoms with van der Waals surface area (Å²) in [4.78, 5) is 15.1. The van der Waals surface area contributed by atoms with E-state index in [9.17, 15) is 0 Å². The highest BCUT2D eigenvalue weighted by Gasteiger charge is 2.11. The Morgan fingerprint density at radius 2 is 2.00 bits per heavy atom. The molecule has 5 nitrogen and oxygen atoms in total. The number of aromatic nitrogens is 3. The molecule has 0 saturated carbocycles. The molecule has 0 aliphatic rings. The van der Waals surface area contributed by atoms with Crippen LogP contribution in [-0.4, -0.2) is 29.0 Å². The number of anilines is 2. The van der Waals surface area contributed by atoms with Gasteiger partial charge in [-0.15, -0.1) is 0 Å². The Bertz CT molecular complexity index is 544. The Morgan fingerprint density at radius 3 is 2.61 bits per heavy atom. The molecule has 2 aromatic heterocycles. The minimum atomic E-state index is 0.397. The van der Waals surface area contributed by atoms with Crippen molar-refractivity contribution < 1.29 is 0 Å². The van der Waals surface area contributed by atoms with Crippen LogP contribution in [0.5, 0.6) is 0 Å². The van der Waals surface area contributed by atoms with Gasteiger partial charge in [-0.05, 0) is 6.07 Å². The van der Waals surface area contributed by atoms with Crippen LogP contribution in [0.15, 0.2) is 34.6 Å². The third kappa shape index (κ3) is 2.83. The van der Waals surface area contributed by atoms with Crippen LogP contribution < -0.4 is 10.6 Å². The summed E-state index contributed by atoms with van der Waals surface area (Å²) in [7, 11) is 3.79. The number of nitrogens with zero attached hydrogens (tertiary/aromatic N) is 4. The molecule has 18 heavy (non-hydrogen) atoms. The van der Waals surface area contributed by atoms with Gasteiger partial charge in [-0.3, -0.25) is 0 Å². The standard InChI is InChI=1S/C11H12ClN5S/c1-17(2)11-10(12)7(3-4-14-11)18-9-6-15-8(13)5-16-9/h3-6H,1-2H3,(H2,13,15). The summed E-state index contributed by atoms with van der Waals surface area (Å²) in [6, 6.07) is 1.85. The van der Waals surface area contributed by atoms with Crippen LogP contribution >= 0.6 is 23.4 Å². The highest BCUT2D eigenvalue weighted by atomic mass is 35.5. The Labute approximate surface area is 114 Å². The van der Waals surface area contributed by atoms with E-state index in [-0.39, 0.29) is 0 Å². The van der Waals surface area contributed by atoms with Crippen molar-refractivity contribution in [2.45, 2.75) is 9.92 Å². The first-order chi connectivity index (χ1) is 8.58. The third-order valence-electron chi connectivity index (χ3n) is 2.12. The van der Waals surface area contributed by atoms with Crippen LogP contribution in [0.1, 0.15) is 0 Å². The van der Waals surface area contributed by atoms with E-state index in [0.717, 1.165) is 15.7 Å². The fourth-order valence-corrected chi connectivity index (χ4v) is 2.44. The van der Waals surface area contributed by atoms with Gasteiger partial charge in [-0.25, -0.2) is 15.0 Å². The van der Waals surface area contributed by atoms with E-state index in [1.54, 1.807) is 12.4 Å². The van der Waals surface area contributed by atoms with E-state index in [2.05, 4.69) is 15.0 Å². The van der Waals surface area contributed by atoms with Crippen molar-refractivity contribution in [2.75, 3.05) is 24.7 Å². The first-order valence-electron chi connectivity index (χ1n) is 5.15. The van der Waals surface area contributed by atoms with Gasteiger partial charge < -0.3 is 10.6 Å². The van der Waals surface area contributed by atoms with Gasteiger partial charge in [0.25, 0.3) is 0 Å². The minimum absolute atomic E-state index is 0.397. The highest BCUT2D eigenvalue weighted by Crippen LogP contribution is 2.35. The molecule has 0 unspecified atom stereocenters. The maximum Gasteiger partial charge on any atom is 0.147 e. The lowest BCUT2D eigenvalue weighted by Gasteiger charge is -2.14. The van der Waals surface area contributed by atoms with Crippen LogP contribution in [0, 0.1) is 0 Å². The predicted octanol–water partition coefficient (Wildman–Crippen LogP) is 2.32. The summed E-state index contributed by atoms with van der Waals surface area (Å²) in [5.74, 6) is 1.12. The first-order valence-corrected chi connectivity index (χ1v) is 6.34. The number of nitrogens with two attached hydrogens (primary N) is 1. The maximum absolute atomic E-state index is 6.29. The van der Waals surface area contributed by atoms with Gasteiger partial charge in [0, 0.05) is 25.2 Å². The maximum atomic E-state index is 6.29. The van der Waals surface area contributed by atoms with Gasteiger partial charge in [-0.1, -0.05) is 23.4 Å². The molecule has 2 aromatic rings. The average molecular weight is 282 g/mol. The second-order valence-corrected chi connectivity index (χ2v) is 5.16. The fraction of sp³-hybridized carbons (Fsp3) is 0.182. The zero-order valence-corrected chi connectivity index (χ0v) is 11.5. The van der Waals surface area contributed by atoms with Gasteiger partial charge in [0.1, 0.15) is 16.7 Å². The molecule has 0 amide bonds. The Hall–Kier alpha value is -1.53. The summed E-state index contributed by atoms with van der Waals surface area (Å²) in [5.41, 5.74) is 5.49. The van der Waals surface area contributed by atoms with Gasteiger partial charge in [0.05, 0.1) is 17.4 Å². The van der Waals surface area contributed by atoms with E-state index < -0.39 is 0 Å². The molecule has 2 heterocycles. The summed E-state index contributed by atoms with van der Waals surface area (Å²) >= 11 is 7.71. The van der Waals surface area contributed by atoms with Gasteiger partial charge in [-0.2, -0.15) is 0 Å². The molecule has 94 valence electrons. The molecule has 0 radical (unpaired) electrons. The minimum Gasteiger partial charge on any atom is -0.382 e. The number of nitrogen functional groups attached to an aromatic ring is 1. The van der Waals surface area contributed by atoms with Crippen LogP contribution in [0.2, 0.25) is 5.02 Å². The van der Waals surface area contributed by atoms with Crippen molar-refractivity contribution in [2.24, 2.45) is 0 Å². The topological polar surface area (TPSA) is 67.9 Å². The summed E-state index contributed by atoms with van der Waals surface area (Å²) in [5, 5.41) is 1.34. The summed E-state index contributed by atoms with van der Waals surface area (Å²) < 4.78 is 0. The van der Waals surface area contributed by atoms with Crippen molar-refractivity contribution >= 4 is 35.0 Å². The normalized spacial score (nSPS) is 10.4. The Morgan fingerprint density at radius 1 is 1.22 bits per heavy atom. The molecule has 0 bridgehead atoms. The van der Waals surface area contributed by atoms with Crippen LogP contribution in [-0.2, 0) is 0 Å². The second-order valence-electron chi connectivity index (χ2n) is 3.72. The third-order valence-corrected chi connectivity index (χ3v) is 3.59. The summed E-state index contributed by atoms with van der Waals surface area (Å²) in [6.45, 7) is 0. The van der Waals surface area contributed by atoms with Crippen LogP contribution in [0.25, 0.3) is 0 Å². The summed E-state index contributed by atoms with van der Waals surface area (Å²) in [6.07, 6.45) is 4.85. The quantitative estimate of drug-likeness (QED) is 0.931. The monoisotopic (exact) mass is 281 g/mol. The molecule has 0 fully saturated rings.